The van der Waals surface area contributed by atoms with Gasteiger partial charge in [-0.05, 0) is 25.1 Å². The van der Waals surface area contributed by atoms with Crippen molar-refractivity contribution in [2.45, 2.75) is 13.8 Å². The number of carbonyl (C=O) groups is 1. The number of sulfonamides is 1. The first-order valence-electron chi connectivity index (χ1n) is 6.64. The molecule has 0 amide bonds. The van der Waals surface area contributed by atoms with Gasteiger partial charge in [-0.3, -0.25) is 4.79 Å². The number of carbonyl (C=O) groups excluding carboxylic acids is 1. The van der Waals surface area contributed by atoms with Crippen molar-refractivity contribution < 1.29 is 31.9 Å². The SMILES string of the molecule is CCS(=O)(=O)Nc1oc(-c2cc(Cl)ccc2F)c(O)c1OC(C)=O. The normalized spacial score (nSPS) is 11.3. The monoisotopic (exact) mass is 377 g/mol. The van der Waals surface area contributed by atoms with E-state index in [-0.39, 0.29) is 16.3 Å². The summed E-state index contributed by atoms with van der Waals surface area (Å²) in [4.78, 5) is 11.2. The number of esters is 1. The number of furan rings is 1. The van der Waals surface area contributed by atoms with E-state index in [1.807, 2.05) is 4.72 Å². The van der Waals surface area contributed by atoms with E-state index in [2.05, 4.69) is 0 Å². The zero-order valence-electron chi connectivity index (χ0n) is 12.6. The molecule has 0 aliphatic rings. The second-order valence-corrected chi connectivity index (χ2v) is 7.11. The summed E-state index contributed by atoms with van der Waals surface area (Å²) in [6.07, 6.45) is 0. The van der Waals surface area contributed by atoms with Crippen molar-refractivity contribution >= 4 is 33.5 Å². The Morgan fingerprint density at radius 3 is 2.71 bits per heavy atom. The van der Waals surface area contributed by atoms with Crippen molar-refractivity contribution in [3.05, 3.63) is 29.0 Å². The Hall–Kier alpha value is -2.26. The predicted molar refractivity (Wildman–Crippen MR) is 85.2 cm³/mol. The molecular weight excluding hydrogens is 365 g/mol. The van der Waals surface area contributed by atoms with Gasteiger partial charge in [0.25, 0.3) is 5.88 Å². The van der Waals surface area contributed by atoms with E-state index >= 15 is 0 Å². The second-order valence-electron chi connectivity index (χ2n) is 4.66. The molecule has 0 atom stereocenters. The Morgan fingerprint density at radius 1 is 1.46 bits per heavy atom. The molecule has 0 saturated heterocycles. The van der Waals surface area contributed by atoms with Gasteiger partial charge in [0.05, 0.1) is 11.3 Å². The summed E-state index contributed by atoms with van der Waals surface area (Å²) in [5.41, 5.74) is -0.227. The highest BCUT2D eigenvalue weighted by Gasteiger charge is 2.28. The van der Waals surface area contributed by atoms with E-state index < -0.39 is 45.0 Å². The number of nitrogens with one attached hydrogen (secondary N) is 1. The number of hydrogen-bond acceptors (Lipinski definition) is 6. The molecule has 2 N–H and O–H groups in total. The zero-order chi connectivity index (χ0) is 18.1. The smallest absolute Gasteiger partial charge is 0.308 e. The topological polar surface area (TPSA) is 106 Å². The standard InChI is InChI=1S/C14H13ClFNO6S/c1-3-24(20,21)17-14-13(22-7(2)18)11(19)12(23-14)9-6-8(15)4-5-10(9)16/h4-6,17,19H,3H2,1-2H3. The molecule has 0 spiro atoms. The van der Waals surface area contributed by atoms with Crippen molar-refractivity contribution in [1.82, 2.24) is 0 Å². The lowest BCUT2D eigenvalue weighted by molar-refractivity contribution is -0.131. The largest absolute Gasteiger partial charge is 0.502 e. The van der Waals surface area contributed by atoms with Crippen LogP contribution in [-0.4, -0.2) is 25.2 Å². The molecule has 1 heterocycles. The number of benzene rings is 1. The molecule has 0 aliphatic carbocycles. The number of anilines is 1. The van der Waals surface area contributed by atoms with Gasteiger partial charge in [-0.2, -0.15) is 0 Å². The third kappa shape index (κ3) is 3.80. The van der Waals surface area contributed by atoms with Crippen molar-refractivity contribution in [3.8, 4) is 22.8 Å². The molecule has 0 unspecified atom stereocenters. The Labute approximate surface area is 142 Å². The number of hydrogen-bond donors (Lipinski definition) is 2. The third-order valence-corrected chi connectivity index (χ3v) is 4.38. The van der Waals surface area contributed by atoms with Crippen LogP contribution in [0.2, 0.25) is 5.02 Å². The predicted octanol–water partition coefficient (Wildman–Crippen LogP) is 3.13. The minimum Gasteiger partial charge on any atom is -0.502 e. The molecular formula is C14H13ClFNO6S. The number of ether oxygens (including phenoxy) is 1. The minimum atomic E-state index is -3.80. The maximum atomic E-state index is 14.0. The summed E-state index contributed by atoms with van der Waals surface area (Å²) in [7, 11) is -3.80. The molecule has 7 nitrogen and oxygen atoms in total. The lowest BCUT2D eigenvalue weighted by Crippen LogP contribution is -2.15. The van der Waals surface area contributed by atoms with Crippen LogP contribution in [0.25, 0.3) is 11.3 Å². The molecule has 0 bridgehead atoms. The first kappa shape index (κ1) is 18.1. The molecule has 0 saturated carbocycles. The molecule has 0 fully saturated rings. The maximum Gasteiger partial charge on any atom is 0.308 e. The van der Waals surface area contributed by atoms with E-state index in [0.29, 0.717) is 0 Å². The highest BCUT2D eigenvalue weighted by atomic mass is 35.5. The summed E-state index contributed by atoms with van der Waals surface area (Å²) in [5, 5.41) is 10.3. The lowest BCUT2D eigenvalue weighted by Gasteiger charge is -2.04. The summed E-state index contributed by atoms with van der Waals surface area (Å²) in [5.74, 6) is -4.17. The van der Waals surface area contributed by atoms with Crippen molar-refractivity contribution in [2.75, 3.05) is 10.5 Å². The second kappa shape index (κ2) is 6.70. The van der Waals surface area contributed by atoms with Gasteiger partial charge in [-0.1, -0.05) is 11.6 Å². The summed E-state index contributed by atoms with van der Waals surface area (Å²) < 4.78 is 49.3. The Kier molecular flexibility index (Phi) is 5.05. The molecule has 2 aromatic rings. The molecule has 24 heavy (non-hydrogen) atoms. The molecule has 0 aliphatic heterocycles. The molecule has 2 rings (SSSR count). The van der Waals surface area contributed by atoms with Crippen LogP contribution in [0, 0.1) is 5.82 Å². The fourth-order valence-corrected chi connectivity index (χ4v) is 2.51. The van der Waals surface area contributed by atoms with E-state index in [0.717, 1.165) is 13.0 Å². The first-order valence-corrected chi connectivity index (χ1v) is 8.67. The quantitative estimate of drug-likeness (QED) is 0.775. The van der Waals surface area contributed by atoms with Crippen LogP contribution >= 0.6 is 11.6 Å². The molecule has 0 radical (unpaired) electrons. The van der Waals surface area contributed by atoms with Crippen LogP contribution in [-0.2, 0) is 14.8 Å². The fraction of sp³-hybridized carbons (Fsp3) is 0.214. The first-order chi connectivity index (χ1) is 11.1. The van der Waals surface area contributed by atoms with Gasteiger partial charge in [0, 0.05) is 11.9 Å². The van der Waals surface area contributed by atoms with Gasteiger partial charge in [0.1, 0.15) is 5.82 Å². The van der Waals surface area contributed by atoms with Gasteiger partial charge in [0.2, 0.25) is 21.5 Å². The molecule has 1 aromatic carbocycles. The van der Waals surface area contributed by atoms with E-state index in [1.54, 1.807) is 0 Å². The van der Waals surface area contributed by atoms with Gasteiger partial charge in [-0.15, -0.1) is 0 Å². The van der Waals surface area contributed by atoms with Gasteiger partial charge >= 0.3 is 5.97 Å². The van der Waals surface area contributed by atoms with Crippen molar-refractivity contribution in [1.29, 1.82) is 0 Å². The summed E-state index contributed by atoms with van der Waals surface area (Å²) >= 11 is 5.79. The Balaban J connectivity index is 2.64. The Morgan fingerprint density at radius 2 is 2.12 bits per heavy atom. The van der Waals surface area contributed by atoms with Gasteiger partial charge in [0.15, 0.2) is 5.76 Å². The Bertz CT molecular complexity index is 893. The van der Waals surface area contributed by atoms with Gasteiger partial charge < -0.3 is 14.3 Å². The van der Waals surface area contributed by atoms with Crippen LogP contribution in [0.15, 0.2) is 22.6 Å². The van der Waals surface area contributed by atoms with Crippen LogP contribution < -0.4 is 9.46 Å². The minimum absolute atomic E-state index is 0.159. The van der Waals surface area contributed by atoms with Crippen molar-refractivity contribution in [2.24, 2.45) is 0 Å². The number of halogens is 2. The van der Waals surface area contributed by atoms with E-state index in [1.165, 1.54) is 19.1 Å². The molecule has 10 heteroatoms. The fourth-order valence-electron chi connectivity index (χ4n) is 1.78. The van der Waals surface area contributed by atoms with Crippen LogP contribution in [0.3, 0.4) is 0 Å². The van der Waals surface area contributed by atoms with Crippen molar-refractivity contribution in [3.63, 3.8) is 0 Å². The highest BCUT2D eigenvalue weighted by Crippen LogP contribution is 2.47. The lowest BCUT2D eigenvalue weighted by atomic mass is 10.1. The highest BCUT2D eigenvalue weighted by molar-refractivity contribution is 7.92. The van der Waals surface area contributed by atoms with Crippen LogP contribution in [0.4, 0.5) is 10.3 Å². The maximum absolute atomic E-state index is 14.0. The summed E-state index contributed by atoms with van der Waals surface area (Å²) in [6.45, 7) is 2.42. The van der Waals surface area contributed by atoms with Gasteiger partial charge in [-0.25, -0.2) is 17.5 Å². The average Bonchev–Trinajstić information content (AvgIpc) is 2.78. The van der Waals surface area contributed by atoms with E-state index in [9.17, 15) is 22.7 Å². The number of rotatable bonds is 5. The molecule has 130 valence electrons. The third-order valence-electron chi connectivity index (χ3n) is 2.89. The zero-order valence-corrected chi connectivity index (χ0v) is 14.2. The van der Waals surface area contributed by atoms with Crippen LogP contribution in [0.1, 0.15) is 13.8 Å². The average molecular weight is 378 g/mol. The number of aromatic hydroxyl groups is 1. The van der Waals surface area contributed by atoms with E-state index in [4.69, 9.17) is 20.8 Å². The molecule has 1 aromatic heterocycles. The summed E-state index contributed by atoms with van der Waals surface area (Å²) in [6, 6.07) is 3.50. The van der Waals surface area contributed by atoms with Crippen LogP contribution in [0.5, 0.6) is 11.5 Å².